The molecule has 2 atom stereocenters. The standard InChI is InChI=1S/C15H24N2/c1-12-7-4-5-9-15(12)13(2)17(3)11-14-8-6-10-16-14/h4-5,7,9,13-14,16H,6,8,10-11H2,1-3H3. The van der Waals surface area contributed by atoms with Gasteiger partial charge in [0.1, 0.15) is 0 Å². The van der Waals surface area contributed by atoms with E-state index >= 15 is 0 Å². The molecule has 1 aliphatic heterocycles. The van der Waals surface area contributed by atoms with Crippen molar-refractivity contribution in [2.24, 2.45) is 0 Å². The fourth-order valence-corrected chi connectivity index (χ4v) is 2.71. The van der Waals surface area contributed by atoms with Crippen molar-refractivity contribution in [3.63, 3.8) is 0 Å². The predicted octanol–water partition coefficient (Wildman–Crippen LogP) is 2.74. The van der Waals surface area contributed by atoms with Crippen molar-refractivity contribution < 1.29 is 0 Å². The zero-order chi connectivity index (χ0) is 12.3. The molecule has 1 aliphatic rings. The molecule has 1 fully saturated rings. The summed E-state index contributed by atoms with van der Waals surface area (Å²) in [5, 5.41) is 3.57. The van der Waals surface area contributed by atoms with Gasteiger partial charge in [-0.2, -0.15) is 0 Å². The van der Waals surface area contributed by atoms with Gasteiger partial charge in [0.25, 0.3) is 0 Å². The van der Waals surface area contributed by atoms with Crippen LogP contribution in [-0.4, -0.2) is 31.1 Å². The molecule has 2 rings (SSSR count). The van der Waals surface area contributed by atoms with E-state index in [9.17, 15) is 0 Å². The zero-order valence-electron chi connectivity index (χ0n) is 11.2. The molecule has 0 aromatic heterocycles. The Morgan fingerprint density at radius 2 is 2.18 bits per heavy atom. The number of aryl methyl sites for hydroxylation is 1. The SMILES string of the molecule is Cc1ccccc1C(C)N(C)CC1CCCN1. The lowest BCUT2D eigenvalue weighted by Crippen LogP contribution is -2.36. The molecule has 1 heterocycles. The molecular formula is C15H24N2. The molecule has 0 amide bonds. The molecule has 2 unspecified atom stereocenters. The van der Waals surface area contributed by atoms with Crippen LogP contribution in [0.1, 0.15) is 36.9 Å². The first-order valence-electron chi connectivity index (χ1n) is 6.67. The van der Waals surface area contributed by atoms with Crippen LogP contribution in [-0.2, 0) is 0 Å². The van der Waals surface area contributed by atoms with Gasteiger partial charge in [0.15, 0.2) is 0 Å². The number of benzene rings is 1. The maximum Gasteiger partial charge on any atom is 0.0320 e. The molecule has 1 aromatic rings. The second-order valence-electron chi connectivity index (χ2n) is 5.27. The number of rotatable bonds is 4. The fourth-order valence-electron chi connectivity index (χ4n) is 2.71. The zero-order valence-corrected chi connectivity index (χ0v) is 11.2. The van der Waals surface area contributed by atoms with Gasteiger partial charge in [-0.1, -0.05) is 24.3 Å². The maximum absolute atomic E-state index is 3.57. The van der Waals surface area contributed by atoms with Gasteiger partial charge < -0.3 is 5.32 Å². The molecule has 17 heavy (non-hydrogen) atoms. The van der Waals surface area contributed by atoms with E-state index < -0.39 is 0 Å². The van der Waals surface area contributed by atoms with Gasteiger partial charge in [-0.25, -0.2) is 0 Å². The molecule has 1 saturated heterocycles. The van der Waals surface area contributed by atoms with E-state index in [0.717, 1.165) is 6.54 Å². The molecule has 1 N–H and O–H groups in total. The normalized spacial score (nSPS) is 22.0. The van der Waals surface area contributed by atoms with Crippen LogP contribution in [0.25, 0.3) is 0 Å². The van der Waals surface area contributed by atoms with Crippen molar-refractivity contribution in [2.75, 3.05) is 20.1 Å². The Morgan fingerprint density at radius 3 is 2.82 bits per heavy atom. The first kappa shape index (κ1) is 12.6. The van der Waals surface area contributed by atoms with Gasteiger partial charge >= 0.3 is 0 Å². The fraction of sp³-hybridized carbons (Fsp3) is 0.600. The summed E-state index contributed by atoms with van der Waals surface area (Å²) in [5.74, 6) is 0. The quantitative estimate of drug-likeness (QED) is 0.858. The summed E-state index contributed by atoms with van der Waals surface area (Å²) < 4.78 is 0. The van der Waals surface area contributed by atoms with E-state index in [1.165, 1.54) is 30.5 Å². The Kier molecular flexibility index (Phi) is 4.19. The summed E-state index contributed by atoms with van der Waals surface area (Å²) in [5.41, 5.74) is 2.85. The van der Waals surface area contributed by atoms with Crippen LogP contribution >= 0.6 is 0 Å². The highest BCUT2D eigenvalue weighted by atomic mass is 15.2. The average molecular weight is 232 g/mol. The van der Waals surface area contributed by atoms with E-state index in [1.807, 2.05) is 0 Å². The Labute approximate surface area is 105 Å². The van der Waals surface area contributed by atoms with E-state index in [2.05, 4.69) is 55.4 Å². The number of nitrogens with zero attached hydrogens (tertiary/aromatic N) is 1. The molecular weight excluding hydrogens is 208 g/mol. The van der Waals surface area contributed by atoms with E-state index in [4.69, 9.17) is 0 Å². The van der Waals surface area contributed by atoms with Crippen LogP contribution in [0.3, 0.4) is 0 Å². The maximum atomic E-state index is 3.57. The molecule has 0 aliphatic carbocycles. The van der Waals surface area contributed by atoms with Gasteiger partial charge in [-0.3, -0.25) is 4.90 Å². The van der Waals surface area contributed by atoms with E-state index in [-0.39, 0.29) is 0 Å². The largest absolute Gasteiger partial charge is 0.313 e. The molecule has 94 valence electrons. The second kappa shape index (κ2) is 5.65. The molecule has 0 bridgehead atoms. The Bertz CT molecular complexity index is 356. The van der Waals surface area contributed by atoms with E-state index in [1.54, 1.807) is 0 Å². The monoisotopic (exact) mass is 232 g/mol. The number of hydrogen-bond acceptors (Lipinski definition) is 2. The summed E-state index contributed by atoms with van der Waals surface area (Å²) in [6.07, 6.45) is 2.65. The average Bonchev–Trinajstić information content (AvgIpc) is 2.81. The number of hydrogen-bond donors (Lipinski definition) is 1. The second-order valence-corrected chi connectivity index (χ2v) is 5.27. The first-order chi connectivity index (χ1) is 8.18. The Morgan fingerprint density at radius 1 is 1.41 bits per heavy atom. The highest BCUT2D eigenvalue weighted by Gasteiger charge is 2.20. The van der Waals surface area contributed by atoms with Gasteiger partial charge in [0, 0.05) is 18.6 Å². The third-order valence-corrected chi connectivity index (χ3v) is 3.97. The summed E-state index contributed by atoms with van der Waals surface area (Å²) in [6, 6.07) is 9.89. The van der Waals surface area contributed by atoms with Crippen LogP contribution in [0, 0.1) is 6.92 Å². The number of nitrogens with one attached hydrogen (secondary N) is 1. The van der Waals surface area contributed by atoms with Crippen LogP contribution in [0.2, 0.25) is 0 Å². The van der Waals surface area contributed by atoms with Gasteiger partial charge in [-0.05, 0) is 51.4 Å². The summed E-state index contributed by atoms with van der Waals surface area (Å²) in [6.45, 7) is 6.84. The minimum absolute atomic E-state index is 0.499. The highest BCUT2D eigenvalue weighted by molar-refractivity contribution is 5.28. The van der Waals surface area contributed by atoms with Crippen molar-refractivity contribution in [1.82, 2.24) is 10.2 Å². The molecule has 2 nitrogen and oxygen atoms in total. The van der Waals surface area contributed by atoms with Crippen LogP contribution in [0.4, 0.5) is 0 Å². The van der Waals surface area contributed by atoms with Crippen molar-refractivity contribution in [2.45, 2.75) is 38.8 Å². The lowest BCUT2D eigenvalue weighted by Gasteiger charge is -2.28. The Hall–Kier alpha value is -0.860. The van der Waals surface area contributed by atoms with Gasteiger partial charge in [0.2, 0.25) is 0 Å². The summed E-state index contributed by atoms with van der Waals surface area (Å²) in [4.78, 5) is 2.46. The molecule has 2 heteroatoms. The van der Waals surface area contributed by atoms with Crippen LogP contribution in [0.15, 0.2) is 24.3 Å². The summed E-state index contributed by atoms with van der Waals surface area (Å²) in [7, 11) is 2.23. The van der Waals surface area contributed by atoms with Crippen molar-refractivity contribution in [3.05, 3.63) is 35.4 Å². The van der Waals surface area contributed by atoms with E-state index in [0.29, 0.717) is 12.1 Å². The lowest BCUT2D eigenvalue weighted by molar-refractivity contribution is 0.237. The smallest absolute Gasteiger partial charge is 0.0320 e. The molecule has 0 saturated carbocycles. The molecule has 0 radical (unpaired) electrons. The first-order valence-corrected chi connectivity index (χ1v) is 6.67. The van der Waals surface area contributed by atoms with Crippen molar-refractivity contribution >= 4 is 0 Å². The summed E-state index contributed by atoms with van der Waals surface area (Å²) >= 11 is 0. The van der Waals surface area contributed by atoms with Crippen molar-refractivity contribution in [3.8, 4) is 0 Å². The lowest BCUT2D eigenvalue weighted by atomic mass is 10.0. The number of likely N-dealkylation sites (N-methyl/N-ethyl adjacent to an activating group) is 1. The minimum Gasteiger partial charge on any atom is -0.313 e. The van der Waals surface area contributed by atoms with Gasteiger partial charge in [0.05, 0.1) is 0 Å². The highest BCUT2D eigenvalue weighted by Crippen LogP contribution is 2.22. The van der Waals surface area contributed by atoms with Crippen LogP contribution < -0.4 is 5.32 Å². The van der Waals surface area contributed by atoms with Gasteiger partial charge in [-0.15, -0.1) is 0 Å². The third kappa shape index (κ3) is 3.08. The third-order valence-electron chi connectivity index (χ3n) is 3.97. The molecule has 0 spiro atoms. The minimum atomic E-state index is 0.499. The molecule has 1 aromatic carbocycles. The van der Waals surface area contributed by atoms with Crippen molar-refractivity contribution in [1.29, 1.82) is 0 Å². The predicted molar refractivity (Wildman–Crippen MR) is 73.2 cm³/mol. The Balaban J connectivity index is 1.98. The topological polar surface area (TPSA) is 15.3 Å². The van der Waals surface area contributed by atoms with Crippen LogP contribution in [0.5, 0.6) is 0 Å².